The number of aryl methyl sites for hydroxylation is 2. The van der Waals surface area contributed by atoms with Gasteiger partial charge in [-0.05, 0) is 31.4 Å². The highest BCUT2D eigenvalue weighted by Crippen LogP contribution is 2.19. The lowest BCUT2D eigenvalue weighted by Gasteiger charge is -2.30. The van der Waals surface area contributed by atoms with Crippen LogP contribution in [0, 0.1) is 13.8 Å². The Hall–Kier alpha value is -2.17. The number of hydrogen-bond acceptors (Lipinski definition) is 3. The molecule has 1 heterocycles. The van der Waals surface area contributed by atoms with Gasteiger partial charge in [0, 0.05) is 19.0 Å². The first-order valence-corrected chi connectivity index (χ1v) is 6.59. The third kappa shape index (κ3) is 2.57. The minimum atomic E-state index is -0.584. The van der Waals surface area contributed by atoms with E-state index in [2.05, 4.69) is 5.32 Å². The van der Waals surface area contributed by atoms with Crippen LogP contribution in [-0.4, -0.2) is 35.7 Å². The quantitative estimate of drug-likeness (QED) is 0.824. The molecule has 1 aliphatic rings. The van der Waals surface area contributed by atoms with Gasteiger partial charge in [0.25, 0.3) is 5.91 Å². The molecule has 1 atom stereocenters. The van der Waals surface area contributed by atoms with Crippen LogP contribution in [0.15, 0.2) is 18.2 Å². The largest absolute Gasteiger partial charge is 0.330 e. The van der Waals surface area contributed by atoms with Crippen molar-refractivity contribution >= 4 is 17.7 Å². The molecule has 1 unspecified atom stereocenters. The molecule has 5 nitrogen and oxygen atoms in total. The van der Waals surface area contributed by atoms with E-state index in [4.69, 9.17) is 0 Å². The van der Waals surface area contributed by atoms with Gasteiger partial charge in [0.2, 0.25) is 11.8 Å². The summed E-state index contributed by atoms with van der Waals surface area (Å²) in [6, 6.07) is 5.06. The number of piperidine rings is 1. The van der Waals surface area contributed by atoms with Crippen LogP contribution in [0.2, 0.25) is 0 Å². The molecule has 1 aliphatic heterocycles. The predicted molar refractivity (Wildman–Crippen MR) is 74.2 cm³/mol. The van der Waals surface area contributed by atoms with Crippen LogP contribution in [-0.2, 0) is 9.59 Å². The zero-order valence-corrected chi connectivity index (χ0v) is 11.9. The molecule has 0 aliphatic carbocycles. The zero-order valence-electron chi connectivity index (χ0n) is 11.9. The fourth-order valence-corrected chi connectivity index (χ4v) is 2.52. The number of hydrogen-bond donors (Lipinski definition) is 1. The van der Waals surface area contributed by atoms with Gasteiger partial charge in [-0.25, -0.2) is 0 Å². The van der Waals surface area contributed by atoms with Crippen LogP contribution in [0.1, 0.15) is 34.3 Å². The number of benzene rings is 1. The maximum atomic E-state index is 12.6. The molecule has 1 aromatic carbocycles. The highest BCUT2D eigenvalue weighted by molar-refractivity contribution is 6.04. The van der Waals surface area contributed by atoms with E-state index in [1.807, 2.05) is 32.0 Å². The Morgan fingerprint density at radius 2 is 1.85 bits per heavy atom. The number of imide groups is 1. The summed E-state index contributed by atoms with van der Waals surface area (Å²) in [6.07, 6.45) is 0.638. The summed E-state index contributed by atoms with van der Waals surface area (Å²) in [6.45, 7) is 3.75. The summed E-state index contributed by atoms with van der Waals surface area (Å²) in [5.41, 5.74) is 2.39. The van der Waals surface area contributed by atoms with E-state index < -0.39 is 11.9 Å². The number of rotatable bonds is 2. The lowest BCUT2D eigenvalue weighted by molar-refractivity contribution is -0.136. The molecule has 1 N–H and O–H groups in total. The SMILES string of the molecule is Cc1cccc(C)c1C(=O)N(C)C1CCC(=O)NC1=O. The van der Waals surface area contributed by atoms with Gasteiger partial charge in [0.1, 0.15) is 6.04 Å². The monoisotopic (exact) mass is 274 g/mol. The van der Waals surface area contributed by atoms with Gasteiger partial charge in [0.05, 0.1) is 0 Å². The van der Waals surface area contributed by atoms with E-state index in [9.17, 15) is 14.4 Å². The summed E-state index contributed by atoms with van der Waals surface area (Å²) >= 11 is 0. The molecule has 1 aromatic rings. The number of amides is 3. The second-order valence-corrected chi connectivity index (χ2v) is 5.15. The van der Waals surface area contributed by atoms with E-state index in [0.29, 0.717) is 12.0 Å². The van der Waals surface area contributed by atoms with Gasteiger partial charge in [-0.1, -0.05) is 18.2 Å². The smallest absolute Gasteiger partial charge is 0.254 e. The lowest BCUT2D eigenvalue weighted by Crippen LogP contribution is -2.53. The van der Waals surface area contributed by atoms with Crippen molar-refractivity contribution in [2.75, 3.05) is 7.05 Å². The number of carbonyl (C=O) groups is 3. The van der Waals surface area contributed by atoms with Crippen LogP contribution < -0.4 is 5.32 Å². The molecule has 106 valence electrons. The Bertz CT molecular complexity index is 560. The predicted octanol–water partition coefficient (Wildman–Crippen LogP) is 1.18. The number of nitrogens with one attached hydrogen (secondary N) is 1. The van der Waals surface area contributed by atoms with E-state index in [1.165, 1.54) is 4.90 Å². The number of carbonyl (C=O) groups excluding carboxylic acids is 3. The van der Waals surface area contributed by atoms with Crippen molar-refractivity contribution in [3.8, 4) is 0 Å². The molecule has 20 heavy (non-hydrogen) atoms. The van der Waals surface area contributed by atoms with E-state index in [1.54, 1.807) is 7.05 Å². The molecular weight excluding hydrogens is 256 g/mol. The molecular formula is C15H18N2O3. The minimum Gasteiger partial charge on any atom is -0.330 e. The van der Waals surface area contributed by atoms with Crippen LogP contribution in [0.3, 0.4) is 0 Å². The Morgan fingerprint density at radius 1 is 1.25 bits per heavy atom. The first-order chi connectivity index (χ1) is 9.41. The average molecular weight is 274 g/mol. The van der Waals surface area contributed by atoms with Gasteiger partial charge in [0.15, 0.2) is 0 Å². The van der Waals surface area contributed by atoms with E-state index >= 15 is 0 Å². The normalized spacial score (nSPS) is 18.6. The van der Waals surface area contributed by atoms with Crippen LogP contribution >= 0.6 is 0 Å². The Balaban J connectivity index is 2.25. The Kier molecular flexibility index (Phi) is 3.88. The average Bonchev–Trinajstić information content (AvgIpc) is 2.37. The molecule has 0 spiro atoms. The first kappa shape index (κ1) is 14.2. The maximum Gasteiger partial charge on any atom is 0.254 e. The molecule has 1 fully saturated rings. The van der Waals surface area contributed by atoms with Crippen LogP contribution in [0.5, 0.6) is 0 Å². The maximum absolute atomic E-state index is 12.6. The standard InChI is InChI=1S/C15H18N2O3/c1-9-5-4-6-10(2)13(9)15(20)17(3)11-7-8-12(18)16-14(11)19/h4-6,11H,7-8H2,1-3H3,(H,16,18,19). The van der Waals surface area contributed by atoms with Crippen LogP contribution in [0.25, 0.3) is 0 Å². The molecule has 3 amide bonds. The third-order valence-corrected chi connectivity index (χ3v) is 3.69. The van der Waals surface area contributed by atoms with Gasteiger partial charge >= 0.3 is 0 Å². The van der Waals surface area contributed by atoms with E-state index in [-0.39, 0.29) is 18.2 Å². The van der Waals surface area contributed by atoms with Crippen molar-refractivity contribution in [2.24, 2.45) is 0 Å². The van der Waals surface area contributed by atoms with Crippen molar-refractivity contribution in [1.29, 1.82) is 0 Å². The van der Waals surface area contributed by atoms with Gasteiger partial charge < -0.3 is 4.90 Å². The fourth-order valence-electron chi connectivity index (χ4n) is 2.52. The highest BCUT2D eigenvalue weighted by atomic mass is 16.2. The summed E-state index contributed by atoms with van der Waals surface area (Å²) in [7, 11) is 1.61. The molecule has 0 aromatic heterocycles. The van der Waals surface area contributed by atoms with Gasteiger partial charge in [-0.2, -0.15) is 0 Å². The lowest BCUT2D eigenvalue weighted by atomic mass is 9.99. The highest BCUT2D eigenvalue weighted by Gasteiger charge is 2.33. The van der Waals surface area contributed by atoms with Gasteiger partial charge in [-0.15, -0.1) is 0 Å². The Labute approximate surface area is 118 Å². The second-order valence-electron chi connectivity index (χ2n) is 5.15. The number of likely N-dealkylation sites (N-methyl/N-ethyl adjacent to an activating group) is 1. The molecule has 5 heteroatoms. The molecule has 0 bridgehead atoms. The third-order valence-electron chi connectivity index (χ3n) is 3.69. The summed E-state index contributed by atoms with van der Waals surface area (Å²) < 4.78 is 0. The first-order valence-electron chi connectivity index (χ1n) is 6.59. The Morgan fingerprint density at radius 3 is 2.40 bits per heavy atom. The molecule has 0 radical (unpaired) electrons. The summed E-state index contributed by atoms with van der Waals surface area (Å²) in [4.78, 5) is 37.0. The van der Waals surface area contributed by atoms with Crippen molar-refractivity contribution < 1.29 is 14.4 Å². The molecule has 2 rings (SSSR count). The molecule has 1 saturated heterocycles. The van der Waals surface area contributed by atoms with Crippen molar-refractivity contribution in [3.05, 3.63) is 34.9 Å². The van der Waals surface area contributed by atoms with Crippen LogP contribution in [0.4, 0.5) is 0 Å². The second kappa shape index (κ2) is 5.45. The summed E-state index contributed by atoms with van der Waals surface area (Å²) in [5, 5.41) is 2.27. The van der Waals surface area contributed by atoms with Crippen molar-refractivity contribution in [3.63, 3.8) is 0 Å². The van der Waals surface area contributed by atoms with Crippen molar-refractivity contribution in [2.45, 2.75) is 32.7 Å². The minimum absolute atomic E-state index is 0.185. The van der Waals surface area contributed by atoms with E-state index in [0.717, 1.165) is 11.1 Å². The molecule has 0 saturated carbocycles. The summed E-state index contributed by atoms with van der Waals surface area (Å²) in [5.74, 6) is -0.863. The topological polar surface area (TPSA) is 66.5 Å². The number of nitrogens with zero attached hydrogens (tertiary/aromatic N) is 1. The fraction of sp³-hybridized carbons (Fsp3) is 0.400. The van der Waals surface area contributed by atoms with Crippen molar-refractivity contribution in [1.82, 2.24) is 10.2 Å². The zero-order chi connectivity index (χ0) is 14.9. The van der Waals surface area contributed by atoms with Gasteiger partial charge in [-0.3, -0.25) is 19.7 Å².